The lowest BCUT2D eigenvalue weighted by Crippen LogP contribution is -2.32. The van der Waals surface area contributed by atoms with Gasteiger partial charge in [0.25, 0.3) is 0 Å². The summed E-state index contributed by atoms with van der Waals surface area (Å²) in [6.07, 6.45) is 2.93. The third-order valence-corrected chi connectivity index (χ3v) is 6.48. The number of anilines is 1. The number of urea groups is 1. The number of nitrogens with one attached hydrogen (secondary N) is 3. The number of carbonyl (C=O) groups excluding carboxylic acids is 1. The van der Waals surface area contributed by atoms with Crippen molar-refractivity contribution >= 4 is 11.8 Å². The molecule has 6 heteroatoms. The molecule has 0 radical (unpaired) electrons. The van der Waals surface area contributed by atoms with Crippen LogP contribution in [0.25, 0.3) is 5.69 Å². The summed E-state index contributed by atoms with van der Waals surface area (Å²) in [5.41, 5.74) is 7.00. The molecule has 0 spiro atoms. The van der Waals surface area contributed by atoms with Crippen LogP contribution in [0, 0.1) is 0 Å². The number of aryl methyl sites for hydroxylation is 1. The number of benzene rings is 2. The van der Waals surface area contributed by atoms with Gasteiger partial charge in [-0.1, -0.05) is 51.1 Å². The van der Waals surface area contributed by atoms with Crippen molar-refractivity contribution in [2.45, 2.75) is 58.0 Å². The molecule has 1 unspecified atom stereocenters. The average Bonchev–Trinajstić information content (AvgIpc) is 3.38. The van der Waals surface area contributed by atoms with Gasteiger partial charge in [-0.05, 0) is 60.2 Å². The van der Waals surface area contributed by atoms with Gasteiger partial charge in [0.1, 0.15) is 5.82 Å². The van der Waals surface area contributed by atoms with Crippen LogP contribution in [0.15, 0.2) is 48.5 Å². The van der Waals surface area contributed by atoms with E-state index in [0.717, 1.165) is 43.7 Å². The number of nitrogens with zero attached hydrogens (tertiary/aromatic N) is 2. The predicted molar refractivity (Wildman–Crippen MR) is 127 cm³/mol. The molecule has 3 N–H and O–H groups in total. The van der Waals surface area contributed by atoms with E-state index in [1.54, 1.807) is 0 Å². The van der Waals surface area contributed by atoms with Crippen LogP contribution in [0.5, 0.6) is 0 Å². The fourth-order valence-electron chi connectivity index (χ4n) is 4.65. The first-order valence-electron chi connectivity index (χ1n) is 11.5. The minimum Gasteiger partial charge on any atom is -0.331 e. The van der Waals surface area contributed by atoms with Gasteiger partial charge in [-0.25, -0.2) is 9.48 Å². The van der Waals surface area contributed by atoms with Crippen LogP contribution >= 0.6 is 0 Å². The molecule has 0 saturated heterocycles. The largest absolute Gasteiger partial charge is 0.331 e. The molecule has 0 saturated carbocycles. The zero-order valence-electron chi connectivity index (χ0n) is 19.0. The second kappa shape index (κ2) is 8.10. The molecule has 2 amide bonds. The molecule has 5 rings (SSSR count). The van der Waals surface area contributed by atoms with Crippen LogP contribution < -0.4 is 16.0 Å². The summed E-state index contributed by atoms with van der Waals surface area (Å²) in [4.78, 5) is 13.0. The molecule has 1 atom stereocenters. The van der Waals surface area contributed by atoms with Crippen LogP contribution in [0.1, 0.15) is 61.2 Å². The van der Waals surface area contributed by atoms with Crippen molar-refractivity contribution in [1.82, 2.24) is 20.4 Å². The Balaban J connectivity index is 1.42. The Morgan fingerprint density at radius 1 is 1.06 bits per heavy atom. The van der Waals surface area contributed by atoms with Crippen LogP contribution in [-0.4, -0.2) is 22.4 Å². The fourth-order valence-corrected chi connectivity index (χ4v) is 4.65. The lowest BCUT2D eigenvalue weighted by Gasteiger charge is -2.19. The van der Waals surface area contributed by atoms with Gasteiger partial charge in [0, 0.05) is 18.0 Å². The number of aromatic nitrogens is 2. The van der Waals surface area contributed by atoms with Crippen molar-refractivity contribution in [2.24, 2.45) is 0 Å². The fraction of sp³-hybridized carbons (Fsp3) is 0.385. The Kier molecular flexibility index (Phi) is 5.25. The summed E-state index contributed by atoms with van der Waals surface area (Å²) >= 11 is 0. The second-order valence-corrected chi connectivity index (χ2v) is 9.84. The Labute approximate surface area is 189 Å². The van der Waals surface area contributed by atoms with E-state index in [2.05, 4.69) is 73.1 Å². The first-order chi connectivity index (χ1) is 15.4. The Bertz CT molecular complexity index is 1160. The number of rotatable bonds is 3. The molecular weight excluding hydrogens is 398 g/mol. The normalized spacial score (nSPS) is 17.5. The quantitative estimate of drug-likeness (QED) is 0.569. The Hall–Kier alpha value is -3.12. The molecule has 0 fully saturated rings. The van der Waals surface area contributed by atoms with Crippen molar-refractivity contribution in [3.8, 4) is 5.69 Å². The van der Waals surface area contributed by atoms with E-state index >= 15 is 0 Å². The SMILES string of the molecule is CC(C)(C)c1cc(NC(=O)NC2CCc3ccccc32)n(-c2ccc3c(c2)CCNC3)n1. The maximum atomic E-state index is 13.0. The maximum Gasteiger partial charge on any atom is 0.320 e. The number of amides is 2. The van der Waals surface area contributed by atoms with E-state index in [9.17, 15) is 4.79 Å². The van der Waals surface area contributed by atoms with Gasteiger partial charge < -0.3 is 10.6 Å². The van der Waals surface area contributed by atoms with Crippen molar-refractivity contribution in [1.29, 1.82) is 0 Å². The molecule has 1 aromatic heterocycles. The van der Waals surface area contributed by atoms with E-state index in [4.69, 9.17) is 5.10 Å². The van der Waals surface area contributed by atoms with Gasteiger partial charge in [-0.15, -0.1) is 0 Å². The number of carbonyl (C=O) groups is 1. The first-order valence-corrected chi connectivity index (χ1v) is 11.5. The number of fused-ring (bicyclic) bond motifs is 2. The Morgan fingerprint density at radius 3 is 2.75 bits per heavy atom. The van der Waals surface area contributed by atoms with E-state index in [1.165, 1.54) is 22.3 Å². The van der Waals surface area contributed by atoms with Crippen molar-refractivity contribution in [2.75, 3.05) is 11.9 Å². The molecule has 32 heavy (non-hydrogen) atoms. The van der Waals surface area contributed by atoms with E-state index in [-0.39, 0.29) is 17.5 Å². The average molecular weight is 430 g/mol. The number of hydrogen-bond donors (Lipinski definition) is 3. The van der Waals surface area contributed by atoms with E-state index < -0.39 is 0 Å². The summed E-state index contributed by atoms with van der Waals surface area (Å²) < 4.78 is 1.87. The van der Waals surface area contributed by atoms with Crippen molar-refractivity contribution in [3.63, 3.8) is 0 Å². The zero-order valence-corrected chi connectivity index (χ0v) is 19.0. The molecule has 6 nitrogen and oxygen atoms in total. The zero-order chi connectivity index (χ0) is 22.3. The first kappa shape index (κ1) is 20.8. The molecule has 166 valence electrons. The summed E-state index contributed by atoms with van der Waals surface area (Å²) in [6, 6.07) is 16.6. The van der Waals surface area contributed by atoms with Crippen LogP contribution in [-0.2, 0) is 24.8 Å². The summed E-state index contributed by atoms with van der Waals surface area (Å²) in [6.45, 7) is 8.30. The monoisotopic (exact) mass is 429 g/mol. The predicted octanol–water partition coefficient (Wildman–Crippen LogP) is 4.62. The van der Waals surface area contributed by atoms with Gasteiger partial charge in [-0.2, -0.15) is 5.10 Å². The topological polar surface area (TPSA) is 71.0 Å². The minimum absolute atomic E-state index is 0.0425. The van der Waals surface area contributed by atoms with Crippen LogP contribution in [0.4, 0.5) is 10.6 Å². The maximum absolute atomic E-state index is 13.0. The highest BCUT2D eigenvalue weighted by Crippen LogP contribution is 2.31. The molecule has 2 aliphatic rings. The standard InChI is InChI=1S/C26H31N5O/c1-26(2,3)23-15-24(29-25(32)28-22-11-9-17-6-4-5-7-21(17)22)31(30-23)20-10-8-19-16-27-13-12-18(19)14-20/h4-8,10,14-15,22,27H,9,11-13,16H2,1-3H3,(H2,28,29,32). The van der Waals surface area contributed by atoms with Gasteiger partial charge in [-0.3, -0.25) is 5.32 Å². The van der Waals surface area contributed by atoms with Crippen LogP contribution in [0.2, 0.25) is 0 Å². The lowest BCUT2D eigenvalue weighted by atomic mass is 9.92. The molecule has 0 bridgehead atoms. The minimum atomic E-state index is -0.199. The molecule has 1 aliphatic carbocycles. The van der Waals surface area contributed by atoms with Gasteiger partial charge in [0.05, 0.1) is 17.4 Å². The molecular formula is C26H31N5O. The molecule has 1 aliphatic heterocycles. The number of hydrogen-bond acceptors (Lipinski definition) is 3. The van der Waals surface area contributed by atoms with Gasteiger partial charge in [0.15, 0.2) is 0 Å². The van der Waals surface area contributed by atoms with Gasteiger partial charge >= 0.3 is 6.03 Å². The second-order valence-electron chi connectivity index (χ2n) is 9.84. The van der Waals surface area contributed by atoms with E-state index in [1.807, 2.05) is 16.8 Å². The van der Waals surface area contributed by atoms with Crippen molar-refractivity contribution in [3.05, 3.63) is 76.5 Å². The third-order valence-electron chi connectivity index (χ3n) is 6.48. The smallest absolute Gasteiger partial charge is 0.320 e. The van der Waals surface area contributed by atoms with Gasteiger partial charge in [0.2, 0.25) is 0 Å². The van der Waals surface area contributed by atoms with E-state index in [0.29, 0.717) is 5.82 Å². The third kappa shape index (κ3) is 4.02. The highest BCUT2D eigenvalue weighted by molar-refractivity contribution is 5.89. The summed E-state index contributed by atoms with van der Waals surface area (Å²) in [5, 5.41) is 14.5. The molecule has 2 aromatic carbocycles. The summed E-state index contributed by atoms with van der Waals surface area (Å²) in [5.74, 6) is 0.688. The highest BCUT2D eigenvalue weighted by atomic mass is 16.2. The summed E-state index contributed by atoms with van der Waals surface area (Å²) in [7, 11) is 0. The highest BCUT2D eigenvalue weighted by Gasteiger charge is 2.25. The lowest BCUT2D eigenvalue weighted by molar-refractivity contribution is 0.248. The van der Waals surface area contributed by atoms with Crippen LogP contribution in [0.3, 0.4) is 0 Å². The van der Waals surface area contributed by atoms with Crippen molar-refractivity contribution < 1.29 is 4.79 Å². The molecule has 2 heterocycles. The Morgan fingerprint density at radius 2 is 1.91 bits per heavy atom. The molecule has 3 aromatic rings.